The summed E-state index contributed by atoms with van der Waals surface area (Å²) in [4.78, 5) is 0. The molecule has 1 saturated carbocycles. The Morgan fingerprint density at radius 3 is 2.69 bits per heavy atom. The molecule has 13 heavy (non-hydrogen) atoms. The molecule has 2 heteroatoms. The molecule has 0 aromatic rings. The van der Waals surface area contributed by atoms with E-state index in [0.29, 0.717) is 5.92 Å². The quantitative estimate of drug-likeness (QED) is 0.602. The molecule has 1 unspecified atom stereocenters. The molecule has 2 radical (unpaired) electrons. The Hall–Kier alpha value is -0.495. The fraction of sp³-hybridized carbons (Fsp3) is 0.636. The minimum absolute atomic E-state index is 0.198. The summed E-state index contributed by atoms with van der Waals surface area (Å²) < 4.78 is 0. The average molecular weight is 174 g/mol. The van der Waals surface area contributed by atoms with Gasteiger partial charge in [0.1, 0.15) is 0 Å². The fourth-order valence-corrected chi connectivity index (χ4v) is 2.19. The second-order valence-corrected chi connectivity index (χ2v) is 4.56. The molecule has 0 aliphatic heterocycles. The second kappa shape index (κ2) is 3.02. The second-order valence-electron chi connectivity index (χ2n) is 4.56. The lowest BCUT2D eigenvalue weighted by Gasteiger charge is -2.42. The zero-order valence-electron chi connectivity index (χ0n) is 8.03. The van der Waals surface area contributed by atoms with Crippen molar-refractivity contribution < 1.29 is 5.11 Å². The molecule has 1 fully saturated rings. The summed E-state index contributed by atoms with van der Waals surface area (Å²) in [6.07, 6.45) is 9.14. The highest BCUT2D eigenvalue weighted by atomic mass is 16.3. The Morgan fingerprint density at radius 1 is 1.54 bits per heavy atom. The van der Waals surface area contributed by atoms with Gasteiger partial charge in [-0.2, -0.15) is 0 Å². The van der Waals surface area contributed by atoms with E-state index in [2.05, 4.69) is 18.2 Å². The van der Waals surface area contributed by atoms with Crippen molar-refractivity contribution in [3.05, 3.63) is 23.8 Å². The predicted octanol–water partition coefficient (Wildman–Crippen LogP) is 1.99. The monoisotopic (exact) mass is 174 g/mol. The maximum Gasteiger partial charge on any atom is 0.0759 e. The standard InChI is InChI=1S/C11H15BO/c1-11(13)6-9(7-11)8-2-4-10(12)5-3-8/h2-4,9-10,13H,5-7H2,1H3. The molecule has 0 amide bonds. The van der Waals surface area contributed by atoms with Crippen LogP contribution in [-0.2, 0) is 0 Å². The van der Waals surface area contributed by atoms with Crippen LogP contribution in [0, 0.1) is 5.92 Å². The largest absolute Gasteiger partial charge is 0.390 e. The van der Waals surface area contributed by atoms with Crippen molar-refractivity contribution in [3.63, 3.8) is 0 Å². The van der Waals surface area contributed by atoms with Gasteiger partial charge in [-0.15, -0.1) is 0 Å². The lowest BCUT2D eigenvalue weighted by Crippen LogP contribution is -2.41. The van der Waals surface area contributed by atoms with Gasteiger partial charge in [0.25, 0.3) is 0 Å². The van der Waals surface area contributed by atoms with Crippen molar-refractivity contribution in [2.24, 2.45) is 5.92 Å². The third-order valence-corrected chi connectivity index (χ3v) is 3.01. The van der Waals surface area contributed by atoms with Crippen molar-refractivity contribution >= 4 is 7.85 Å². The molecule has 0 aromatic heterocycles. The third kappa shape index (κ3) is 1.88. The summed E-state index contributed by atoms with van der Waals surface area (Å²) in [5.74, 6) is 0.767. The van der Waals surface area contributed by atoms with Crippen LogP contribution >= 0.6 is 0 Å². The van der Waals surface area contributed by atoms with E-state index in [4.69, 9.17) is 7.85 Å². The minimum atomic E-state index is -0.418. The highest BCUT2D eigenvalue weighted by Gasteiger charge is 2.39. The summed E-state index contributed by atoms with van der Waals surface area (Å²) in [6, 6.07) is 0. The number of hydrogen-bond acceptors (Lipinski definition) is 1. The normalized spacial score (nSPS) is 44.0. The van der Waals surface area contributed by atoms with Gasteiger partial charge in [0.15, 0.2) is 0 Å². The molecular formula is C11H15BO. The summed E-state index contributed by atoms with van der Waals surface area (Å²) in [6.45, 7) is 1.91. The van der Waals surface area contributed by atoms with Crippen LogP contribution in [0.15, 0.2) is 23.8 Å². The first-order valence-corrected chi connectivity index (χ1v) is 4.93. The summed E-state index contributed by atoms with van der Waals surface area (Å²) in [5, 5.41) is 9.59. The van der Waals surface area contributed by atoms with Gasteiger partial charge in [-0.1, -0.05) is 24.0 Å². The Bertz CT molecular complexity index is 257. The van der Waals surface area contributed by atoms with E-state index in [9.17, 15) is 5.11 Å². The van der Waals surface area contributed by atoms with E-state index in [1.54, 1.807) is 0 Å². The first-order chi connectivity index (χ1) is 6.07. The number of allylic oxidation sites excluding steroid dienone is 4. The Kier molecular flexibility index (Phi) is 2.11. The van der Waals surface area contributed by atoms with Gasteiger partial charge in [-0.3, -0.25) is 0 Å². The Labute approximate surface area is 80.9 Å². The molecule has 1 N–H and O–H groups in total. The van der Waals surface area contributed by atoms with E-state index >= 15 is 0 Å². The predicted molar refractivity (Wildman–Crippen MR) is 54.7 cm³/mol. The average Bonchev–Trinajstić information content (AvgIpc) is 2.01. The Morgan fingerprint density at radius 2 is 2.23 bits per heavy atom. The van der Waals surface area contributed by atoms with Crippen molar-refractivity contribution in [1.29, 1.82) is 0 Å². The van der Waals surface area contributed by atoms with Crippen molar-refractivity contribution in [2.75, 3.05) is 0 Å². The van der Waals surface area contributed by atoms with Crippen LogP contribution in [0.5, 0.6) is 0 Å². The number of rotatable bonds is 1. The van der Waals surface area contributed by atoms with Gasteiger partial charge in [0.05, 0.1) is 13.4 Å². The van der Waals surface area contributed by atoms with Gasteiger partial charge < -0.3 is 5.11 Å². The van der Waals surface area contributed by atoms with Gasteiger partial charge >= 0.3 is 0 Å². The number of aliphatic hydroxyl groups is 1. The Balaban J connectivity index is 1.94. The zero-order valence-corrected chi connectivity index (χ0v) is 8.03. The van der Waals surface area contributed by atoms with Crippen LogP contribution in [0.4, 0.5) is 0 Å². The lowest BCUT2D eigenvalue weighted by molar-refractivity contribution is -0.0441. The highest BCUT2D eigenvalue weighted by Crippen LogP contribution is 2.43. The van der Waals surface area contributed by atoms with Crippen LogP contribution in [0.3, 0.4) is 0 Å². The SMILES string of the molecule is [B]C1C=CC(C2CC(C)(O)C2)=CC1. The first-order valence-electron chi connectivity index (χ1n) is 4.93. The lowest BCUT2D eigenvalue weighted by atomic mass is 9.67. The molecule has 0 bridgehead atoms. The van der Waals surface area contributed by atoms with Crippen LogP contribution in [0.1, 0.15) is 26.2 Å². The molecular weight excluding hydrogens is 159 g/mol. The molecule has 2 aliphatic carbocycles. The molecule has 1 atom stereocenters. The molecule has 0 saturated heterocycles. The van der Waals surface area contributed by atoms with Gasteiger partial charge in [-0.25, -0.2) is 0 Å². The third-order valence-electron chi connectivity index (χ3n) is 3.01. The number of hydrogen-bond donors (Lipinski definition) is 1. The van der Waals surface area contributed by atoms with Gasteiger partial charge in [0, 0.05) is 0 Å². The van der Waals surface area contributed by atoms with Gasteiger partial charge in [0.2, 0.25) is 0 Å². The first kappa shape index (κ1) is 9.08. The summed E-state index contributed by atoms with van der Waals surface area (Å²) in [5.41, 5.74) is 0.951. The fourth-order valence-electron chi connectivity index (χ4n) is 2.19. The van der Waals surface area contributed by atoms with Crippen LogP contribution in [0.25, 0.3) is 0 Å². The molecule has 2 rings (SSSR count). The van der Waals surface area contributed by atoms with E-state index in [1.165, 1.54) is 5.57 Å². The van der Waals surface area contributed by atoms with E-state index in [-0.39, 0.29) is 5.82 Å². The smallest absolute Gasteiger partial charge is 0.0759 e. The molecule has 0 spiro atoms. The maximum absolute atomic E-state index is 9.59. The van der Waals surface area contributed by atoms with Crippen LogP contribution < -0.4 is 0 Å². The van der Waals surface area contributed by atoms with E-state index in [0.717, 1.165) is 19.3 Å². The van der Waals surface area contributed by atoms with E-state index in [1.807, 2.05) is 6.92 Å². The topological polar surface area (TPSA) is 20.2 Å². The van der Waals surface area contributed by atoms with Crippen molar-refractivity contribution in [2.45, 2.75) is 37.6 Å². The summed E-state index contributed by atoms with van der Waals surface area (Å²) >= 11 is 0. The molecule has 0 heterocycles. The molecule has 68 valence electrons. The van der Waals surface area contributed by atoms with Crippen LogP contribution in [-0.4, -0.2) is 18.6 Å². The van der Waals surface area contributed by atoms with E-state index < -0.39 is 5.60 Å². The zero-order chi connectivity index (χ0) is 9.47. The highest BCUT2D eigenvalue weighted by molar-refractivity contribution is 6.13. The summed E-state index contributed by atoms with van der Waals surface area (Å²) in [7, 11) is 5.73. The molecule has 0 aromatic carbocycles. The molecule has 1 nitrogen and oxygen atoms in total. The van der Waals surface area contributed by atoms with Crippen LogP contribution in [0.2, 0.25) is 5.82 Å². The van der Waals surface area contributed by atoms with Crippen molar-refractivity contribution in [1.82, 2.24) is 0 Å². The molecule has 2 aliphatic rings. The van der Waals surface area contributed by atoms with Crippen molar-refractivity contribution in [3.8, 4) is 0 Å². The minimum Gasteiger partial charge on any atom is -0.390 e. The van der Waals surface area contributed by atoms with Gasteiger partial charge in [-0.05, 0) is 37.7 Å². The maximum atomic E-state index is 9.59.